The molecule has 4 heteroatoms. The maximum atomic E-state index is 10.7. The molecule has 0 saturated carbocycles. The highest BCUT2D eigenvalue weighted by Crippen LogP contribution is 2.00. The summed E-state index contributed by atoms with van der Waals surface area (Å²) in [6.07, 6.45) is 1.47. The number of aliphatic carboxylic acids is 1. The SMILES string of the molecule is [CH2]COC(=O)CCCCC(=O)O. The molecule has 0 rings (SSSR count). The van der Waals surface area contributed by atoms with Crippen LogP contribution in [0.1, 0.15) is 25.7 Å². The minimum absolute atomic E-state index is 0.109. The molecule has 1 N–H and O–H groups in total. The lowest BCUT2D eigenvalue weighted by Gasteiger charge is -1.99. The first-order chi connectivity index (χ1) is 5.66. The molecule has 0 aromatic heterocycles. The smallest absolute Gasteiger partial charge is 0.305 e. The van der Waals surface area contributed by atoms with Crippen LogP contribution in [0, 0.1) is 6.92 Å². The van der Waals surface area contributed by atoms with Gasteiger partial charge in [-0.15, -0.1) is 0 Å². The maximum Gasteiger partial charge on any atom is 0.305 e. The molecule has 12 heavy (non-hydrogen) atoms. The summed E-state index contributed by atoms with van der Waals surface area (Å²) in [4.78, 5) is 20.7. The molecule has 0 saturated heterocycles. The Kier molecular flexibility index (Phi) is 6.05. The van der Waals surface area contributed by atoms with Crippen molar-refractivity contribution in [2.45, 2.75) is 25.7 Å². The number of unbranched alkanes of at least 4 members (excludes halogenated alkanes) is 1. The average molecular weight is 173 g/mol. The minimum Gasteiger partial charge on any atom is -0.481 e. The van der Waals surface area contributed by atoms with Gasteiger partial charge in [-0.05, 0) is 19.8 Å². The lowest BCUT2D eigenvalue weighted by Crippen LogP contribution is -2.04. The van der Waals surface area contributed by atoms with Gasteiger partial charge in [0.2, 0.25) is 0 Å². The third-order valence-electron chi connectivity index (χ3n) is 1.28. The molecular formula is C8H13O4. The fourth-order valence-corrected chi connectivity index (χ4v) is 0.732. The third kappa shape index (κ3) is 7.05. The molecule has 0 amide bonds. The molecular weight excluding hydrogens is 160 g/mol. The average Bonchev–Trinajstić information content (AvgIpc) is 1.98. The quantitative estimate of drug-likeness (QED) is 0.481. The predicted molar refractivity (Wildman–Crippen MR) is 42.4 cm³/mol. The number of carboxylic acids is 1. The first-order valence-corrected chi connectivity index (χ1v) is 3.83. The van der Waals surface area contributed by atoms with Crippen LogP contribution in [0.4, 0.5) is 0 Å². The van der Waals surface area contributed by atoms with Gasteiger partial charge < -0.3 is 9.84 Å². The number of esters is 1. The van der Waals surface area contributed by atoms with E-state index in [-0.39, 0.29) is 25.4 Å². The molecule has 0 spiro atoms. The number of carboxylic acid groups (broad SMARTS) is 1. The van der Waals surface area contributed by atoms with Crippen molar-refractivity contribution >= 4 is 11.9 Å². The van der Waals surface area contributed by atoms with Crippen molar-refractivity contribution in [3.05, 3.63) is 6.92 Å². The minimum atomic E-state index is -0.833. The van der Waals surface area contributed by atoms with Crippen LogP contribution in [0.25, 0.3) is 0 Å². The van der Waals surface area contributed by atoms with Crippen LogP contribution in [0.2, 0.25) is 0 Å². The molecule has 0 unspecified atom stereocenters. The Morgan fingerprint density at radius 2 is 1.83 bits per heavy atom. The monoisotopic (exact) mass is 173 g/mol. The van der Waals surface area contributed by atoms with Crippen LogP contribution in [-0.2, 0) is 14.3 Å². The standard InChI is InChI=1S/C8H13O4/c1-2-12-8(11)6-4-3-5-7(9)10/h1-6H2,(H,9,10). The molecule has 4 nitrogen and oxygen atoms in total. The van der Waals surface area contributed by atoms with E-state index in [2.05, 4.69) is 11.7 Å². The van der Waals surface area contributed by atoms with Crippen molar-refractivity contribution in [2.24, 2.45) is 0 Å². The summed E-state index contributed by atoms with van der Waals surface area (Å²) in [6, 6.07) is 0. The van der Waals surface area contributed by atoms with Gasteiger partial charge in [-0.2, -0.15) is 0 Å². The molecule has 1 radical (unpaired) electrons. The number of hydrogen-bond acceptors (Lipinski definition) is 3. The van der Waals surface area contributed by atoms with E-state index in [1.165, 1.54) is 0 Å². The zero-order valence-electron chi connectivity index (χ0n) is 6.91. The second-order valence-electron chi connectivity index (χ2n) is 2.32. The van der Waals surface area contributed by atoms with Crippen LogP contribution < -0.4 is 0 Å². The molecule has 0 aromatic carbocycles. The summed E-state index contributed by atoms with van der Waals surface area (Å²) in [5, 5.41) is 8.26. The van der Waals surface area contributed by atoms with Crippen molar-refractivity contribution in [1.29, 1.82) is 0 Å². The fraction of sp³-hybridized carbons (Fsp3) is 0.625. The molecule has 0 aliphatic carbocycles. The number of carbonyl (C=O) groups is 2. The summed E-state index contributed by atoms with van der Waals surface area (Å²) in [7, 11) is 0. The van der Waals surface area contributed by atoms with Gasteiger partial charge in [0, 0.05) is 12.8 Å². The highest BCUT2D eigenvalue weighted by atomic mass is 16.5. The first kappa shape index (κ1) is 10.9. The molecule has 69 valence electrons. The molecule has 0 atom stereocenters. The predicted octanol–water partition coefficient (Wildman–Crippen LogP) is 1.01. The Morgan fingerprint density at radius 1 is 1.25 bits per heavy atom. The topological polar surface area (TPSA) is 63.6 Å². The lowest BCUT2D eigenvalue weighted by molar-refractivity contribution is -0.143. The van der Waals surface area contributed by atoms with Gasteiger partial charge in [-0.25, -0.2) is 0 Å². The summed E-state index contributed by atoms with van der Waals surface area (Å²) in [5.74, 6) is -1.14. The van der Waals surface area contributed by atoms with Crippen LogP contribution in [-0.4, -0.2) is 23.7 Å². The highest BCUT2D eigenvalue weighted by Gasteiger charge is 2.02. The second-order valence-corrected chi connectivity index (χ2v) is 2.32. The van der Waals surface area contributed by atoms with Gasteiger partial charge in [-0.1, -0.05) is 0 Å². The van der Waals surface area contributed by atoms with E-state index in [9.17, 15) is 9.59 Å². The molecule has 0 bridgehead atoms. The van der Waals surface area contributed by atoms with Crippen LogP contribution in [0.15, 0.2) is 0 Å². The van der Waals surface area contributed by atoms with E-state index in [1.807, 2.05) is 0 Å². The van der Waals surface area contributed by atoms with Crippen molar-refractivity contribution < 1.29 is 19.4 Å². The Labute approximate surface area is 71.5 Å². The molecule has 0 fully saturated rings. The van der Waals surface area contributed by atoms with Crippen molar-refractivity contribution in [3.63, 3.8) is 0 Å². The fourth-order valence-electron chi connectivity index (χ4n) is 0.732. The van der Waals surface area contributed by atoms with Crippen molar-refractivity contribution in [2.75, 3.05) is 6.61 Å². The van der Waals surface area contributed by atoms with Crippen molar-refractivity contribution in [3.8, 4) is 0 Å². The Bertz CT molecular complexity index is 153. The van der Waals surface area contributed by atoms with Gasteiger partial charge in [0.1, 0.15) is 0 Å². The van der Waals surface area contributed by atoms with Gasteiger partial charge in [0.25, 0.3) is 0 Å². The van der Waals surface area contributed by atoms with Crippen LogP contribution >= 0.6 is 0 Å². The zero-order chi connectivity index (χ0) is 9.40. The Hall–Kier alpha value is -1.06. The van der Waals surface area contributed by atoms with E-state index < -0.39 is 5.97 Å². The Balaban J connectivity index is 3.19. The van der Waals surface area contributed by atoms with E-state index in [0.29, 0.717) is 12.8 Å². The van der Waals surface area contributed by atoms with E-state index in [0.717, 1.165) is 0 Å². The van der Waals surface area contributed by atoms with Gasteiger partial charge >= 0.3 is 11.9 Å². The molecule has 0 heterocycles. The molecule has 0 aromatic rings. The highest BCUT2D eigenvalue weighted by molar-refractivity contribution is 5.69. The van der Waals surface area contributed by atoms with E-state index in [1.54, 1.807) is 0 Å². The van der Waals surface area contributed by atoms with Gasteiger partial charge in [-0.3, -0.25) is 9.59 Å². The third-order valence-corrected chi connectivity index (χ3v) is 1.28. The maximum absolute atomic E-state index is 10.7. The van der Waals surface area contributed by atoms with E-state index >= 15 is 0 Å². The number of ether oxygens (including phenoxy) is 1. The van der Waals surface area contributed by atoms with Gasteiger partial charge in [0.15, 0.2) is 0 Å². The summed E-state index contributed by atoms with van der Waals surface area (Å²) in [5.41, 5.74) is 0. The largest absolute Gasteiger partial charge is 0.481 e. The summed E-state index contributed by atoms with van der Waals surface area (Å²) in [6.45, 7) is 3.48. The first-order valence-electron chi connectivity index (χ1n) is 3.83. The van der Waals surface area contributed by atoms with Gasteiger partial charge in [0.05, 0.1) is 6.61 Å². The molecule has 0 aliphatic rings. The van der Waals surface area contributed by atoms with E-state index in [4.69, 9.17) is 5.11 Å². The lowest BCUT2D eigenvalue weighted by atomic mass is 10.2. The summed E-state index contributed by atoms with van der Waals surface area (Å²) >= 11 is 0. The number of hydrogen-bond donors (Lipinski definition) is 1. The normalized spacial score (nSPS) is 9.42. The number of rotatable bonds is 6. The van der Waals surface area contributed by atoms with Crippen molar-refractivity contribution in [1.82, 2.24) is 0 Å². The molecule has 0 aliphatic heterocycles. The van der Waals surface area contributed by atoms with Crippen LogP contribution in [0.5, 0.6) is 0 Å². The summed E-state index contributed by atoms with van der Waals surface area (Å²) < 4.78 is 4.55. The zero-order valence-corrected chi connectivity index (χ0v) is 6.91. The number of carbonyl (C=O) groups excluding carboxylic acids is 1. The Morgan fingerprint density at radius 3 is 2.33 bits per heavy atom. The van der Waals surface area contributed by atoms with Crippen LogP contribution in [0.3, 0.4) is 0 Å². The second kappa shape index (κ2) is 6.64.